The summed E-state index contributed by atoms with van der Waals surface area (Å²) in [7, 11) is 1.15. The lowest BCUT2D eigenvalue weighted by Crippen LogP contribution is -2.44. The summed E-state index contributed by atoms with van der Waals surface area (Å²) in [6, 6.07) is 17.3. The van der Waals surface area contributed by atoms with Crippen molar-refractivity contribution in [1.82, 2.24) is 55.7 Å². The first-order valence-electron chi connectivity index (χ1n) is 27.2. The van der Waals surface area contributed by atoms with Gasteiger partial charge in [0, 0.05) is 56.9 Å². The number of nitrogens with two attached hydrogens (primary N) is 2. The van der Waals surface area contributed by atoms with Gasteiger partial charge in [-0.25, -0.2) is 19.3 Å². The molecule has 0 spiro atoms. The molecule has 6 heterocycles. The zero-order valence-electron chi connectivity index (χ0n) is 49.2. The lowest BCUT2D eigenvalue weighted by atomic mass is 9.95. The van der Waals surface area contributed by atoms with E-state index in [-0.39, 0.29) is 63.8 Å². The third kappa shape index (κ3) is 14.6. The molecule has 456 valence electrons. The maximum atomic E-state index is 13.3. The van der Waals surface area contributed by atoms with Crippen molar-refractivity contribution in [1.29, 1.82) is 0 Å². The molecule has 8 N–H and O–H groups in total. The second-order valence-corrected chi connectivity index (χ2v) is 26.4. The Morgan fingerprint density at radius 1 is 0.744 bits per heavy atom. The summed E-state index contributed by atoms with van der Waals surface area (Å²) in [5, 5.41) is 42.5. The molecule has 0 bridgehead atoms. The number of carbonyl (C=O) groups is 2. The maximum absolute atomic E-state index is 13.3. The highest BCUT2D eigenvalue weighted by atomic mass is 128. The van der Waals surface area contributed by atoms with Crippen LogP contribution in [0.1, 0.15) is 96.6 Å². The van der Waals surface area contributed by atoms with E-state index in [2.05, 4.69) is 128 Å². The second-order valence-electron chi connectivity index (χ2n) is 21.6. The van der Waals surface area contributed by atoms with E-state index < -0.39 is 35.9 Å². The minimum absolute atomic E-state index is 0.0208. The standard InChI is InChI=1S/C26H37N7O3Si.C24H24N8O5.C6H7NO3.I2/c1-17(16-36-37(6,7)26(2,3)4)33-24(30-31-32-33)21-9-8-10-23(28-21)29-25(34)20-13-19-15-27-12-11-18(19)14-22(20)35-5;1-12(11-33)32-23(28-29-30-32)16-4-3-5-18(26-16)27-24(36)15-8-14-10-31(20-19(25)21(34)22(20)35)7-6-13(14)9-17(15)37-2;1-2-10-6-3(7)4(8)5(6)9;1-2/h8-10,13-14,17,27H,11-12,15-16H2,1-7H3,(H,28,29,34);3-5,8-9,12,33H,6-7,10-11,25H2,1-2H3,(H,26,27,36);2,7H2,1H3;/t17-;12-;;/m11../s1. The zero-order chi connectivity index (χ0) is 62.8. The molecule has 2 aliphatic heterocycles. The summed E-state index contributed by atoms with van der Waals surface area (Å²) >= 11 is 4.24. The van der Waals surface area contributed by atoms with Crippen molar-refractivity contribution >= 4 is 86.1 Å². The summed E-state index contributed by atoms with van der Waals surface area (Å²) in [5.41, 5.74) is 14.4. The van der Waals surface area contributed by atoms with Crippen LogP contribution in [0.25, 0.3) is 23.0 Å². The molecule has 0 unspecified atom stereocenters. The van der Waals surface area contributed by atoms with Gasteiger partial charge >= 0.3 is 0 Å². The lowest BCUT2D eigenvalue weighted by molar-refractivity contribution is 0.101. The number of hydrogen-bond acceptors (Lipinski definition) is 23. The summed E-state index contributed by atoms with van der Waals surface area (Å²) in [5.74, 6) is 1.77. The number of aromatic nitrogens is 10. The van der Waals surface area contributed by atoms with Gasteiger partial charge < -0.3 is 56.1 Å². The van der Waals surface area contributed by atoms with Gasteiger partial charge in [0.05, 0.1) is 57.3 Å². The molecule has 10 rings (SSSR count). The van der Waals surface area contributed by atoms with Gasteiger partial charge in [-0.2, -0.15) is 0 Å². The fourth-order valence-corrected chi connectivity index (χ4v) is 10.1. The number of anilines is 5. The van der Waals surface area contributed by atoms with Crippen molar-refractivity contribution in [3.05, 3.63) is 135 Å². The smallest absolute Gasteiger partial charge is 0.271 e. The van der Waals surface area contributed by atoms with E-state index in [4.69, 9.17) is 30.1 Å². The summed E-state index contributed by atoms with van der Waals surface area (Å²) < 4.78 is 25.3. The number of nitrogens with one attached hydrogen (secondary N) is 3. The van der Waals surface area contributed by atoms with Crippen molar-refractivity contribution in [3.8, 4) is 40.3 Å². The highest BCUT2D eigenvalue weighted by Crippen LogP contribution is 2.37. The summed E-state index contributed by atoms with van der Waals surface area (Å²) in [4.78, 5) is 81.9. The van der Waals surface area contributed by atoms with E-state index in [1.165, 1.54) is 17.4 Å². The van der Waals surface area contributed by atoms with Crippen LogP contribution in [-0.4, -0.2) is 123 Å². The average molecular weight is 1420 g/mol. The average Bonchev–Trinajstić information content (AvgIpc) is 1.17. The SMILES string of the molecule is CCOc1c(N)c(=O)c1=O.COc1cc2c(cc1C(=O)Nc1cccc(-c3nnnn3[C@H](C)CO)n1)CN(c1c(N)c(=O)c1=O)CC2.COc1cc2c(cc1C(=O)Nc1cccc(-c3nnnn3[C@H](C)CO[Si](C)(C)C(C)(C)C)n1)CNCC2.II. The molecular formula is C56H68I2N16O11Si. The number of nitrogen functional groups attached to an aromatic ring is 2. The number of methoxy groups -OCH3 is 2. The monoisotopic (exact) mass is 1420 g/mol. The Bertz CT molecular complexity index is 3870. The first-order valence-corrected chi connectivity index (χ1v) is 36.4. The first-order chi connectivity index (χ1) is 41.0. The van der Waals surface area contributed by atoms with Gasteiger partial charge in [-0.15, -0.1) is 10.2 Å². The molecule has 0 saturated carbocycles. The quantitative estimate of drug-likeness (QED) is 0.0370. The van der Waals surface area contributed by atoms with Crippen LogP contribution in [0.2, 0.25) is 18.1 Å². The predicted molar refractivity (Wildman–Crippen MR) is 345 cm³/mol. The van der Waals surface area contributed by atoms with Crippen molar-refractivity contribution < 1.29 is 33.3 Å². The Morgan fingerprint density at radius 2 is 1.27 bits per heavy atom. The van der Waals surface area contributed by atoms with Crippen LogP contribution in [0, 0.1) is 0 Å². The molecule has 0 saturated heterocycles. The van der Waals surface area contributed by atoms with E-state index in [1.54, 1.807) is 66.9 Å². The second kappa shape index (κ2) is 28.7. The van der Waals surface area contributed by atoms with Gasteiger partial charge in [-0.05, 0) is 150 Å². The number of benzene rings is 2. The number of fused-ring (bicyclic) bond motifs is 2. The lowest BCUT2D eigenvalue weighted by Gasteiger charge is -2.36. The molecule has 2 aliphatic rings. The number of rotatable bonds is 17. The Labute approximate surface area is 518 Å². The van der Waals surface area contributed by atoms with Gasteiger partial charge in [-0.1, -0.05) is 32.9 Å². The van der Waals surface area contributed by atoms with E-state index in [9.17, 15) is 33.9 Å². The number of amides is 2. The fourth-order valence-electron chi connectivity index (χ4n) is 9.00. The minimum Gasteiger partial charge on any atom is -0.496 e. The Morgan fingerprint density at radius 3 is 1.77 bits per heavy atom. The molecule has 27 nitrogen and oxygen atoms in total. The molecular weight excluding hydrogens is 1350 g/mol. The van der Waals surface area contributed by atoms with E-state index in [0.717, 1.165) is 36.2 Å². The molecule has 86 heavy (non-hydrogen) atoms. The molecule has 0 aliphatic carbocycles. The number of aliphatic hydroxyl groups excluding tert-OH is 1. The van der Waals surface area contributed by atoms with Gasteiger partial charge in [0.2, 0.25) is 11.6 Å². The van der Waals surface area contributed by atoms with Crippen LogP contribution in [0.4, 0.5) is 28.7 Å². The third-order valence-corrected chi connectivity index (χ3v) is 19.4. The number of aliphatic hydroxyl groups is 1. The number of carbonyl (C=O) groups excluding carboxylic acids is 2. The van der Waals surface area contributed by atoms with Crippen LogP contribution in [0.3, 0.4) is 0 Å². The normalized spacial score (nSPS) is 13.5. The van der Waals surface area contributed by atoms with Gasteiger partial charge in [0.15, 0.2) is 14.1 Å². The van der Waals surface area contributed by atoms with Crippen LogP contribution in [0.5, 0.6) is 17.2 Å². The van der Waals surface area contributed by atoms with E-state index >= 15 is 0 Å². The molecule has 0 fully saturated rings. The maximum Gasteiger partial charge on any atom is 0.271 e. The largest absolute Gasteiger partial charge is 0.496 e. The fraction of sp³-hybridized carbons (Fsp3) is 0.393. The molecule has 4 aromatic heterocycles. The van der Waals surface area contributed by atoms with E-state index in [1.807, 2.05) is 31.2 Å². The topological polar surface area (TPSA) is 364 Å². The Hall–Kier alpha value is -7.66. The molecule has 4 aromatic carbocycles. The Balaban J connectivity index is 0.000000207. The van der Waals surface area contributed by atoms with Gasteiger partial charge in [-0.3, -0.25) is 28.8 Å². The summed E-state index contributed by atoms with van der Waals surface area (Å²) in [6.45, 7) is 19.8. The molecule has 30 heteroatoms. The van der Waals surface area contributed by atoms with Crippen LogP contribution < -0.4 is 68.2 Å². The number of halogens is 2. The number of nitrogens with zero attached hydrogens (tertiary/aromatic N) is 11. The molecule has 0 radical (unpaired) electrons. The first kappa shape index (κ1) is 65.9. The predicted octanol–water partition coefficient (Wildman–Crippen LogP) is 5.55. The van der Waals surface area contributed by atoms with Gasteiger partial charge in [0.25, 0.3) is 33.5 Å². The minimum atomic E-state index is -1.91. The third-order valence-electron chi connectivity index (χ3n) is 14.9. The van der Waals surface area contributed by atoms with Crippen LogP contribution in [-0.2, 0) is 30.4 Å². The van der Waals surface area contributed by atoms with Crippen molar-refractivity contribution in [3.63, 3.8) is 0 Å². The number of ether oxygens (including phenoxy) is 3. The van der Waals surface area contributed by atoms with Crippen LogP contribution in [0.15, 0.2) is 79.8 Å². The molecule has 8 aromatic rings. The van der Waals surface area contributed by atoms with Crippen molar-refractivity contribution in [2.24, 2.45) is 0 Å². The number of tetrazole rings is 2. The zero-order valence-corrected chi connectivity index (χ0v) is 54.5. The summed E-state index contributed by atoms with van der Waals surface area (Å²) in [6.07, 6.45) is 1.50. The van der Waals surface area contributed by atoms with Crippen LogP contribution >= 0.6 is 37.2 Å². The highest BCUT2D eigenvalue weighted by molar-refractivity contribution is 15.0. The highest BCUT2D eigenvalue weighted by Gasteiger charge is 2.38. The number of hydrogen-bond donors (Lipinski definition) is 6. The van der Waals surface area contributed by atoms with Crippen molar-refractivity contribution in [2.75, 3.05) is 74.1 Å². The molecule has 2 amide bonds. The van der Waals surface area contributed by atoms with Gasteiger partial charge in [0.1, 0.15) is 51.6 Å². The molecule has 2 atom stereocenters. The van der Waals surface area contributed by atoms with Crippen molar-refractivity contribution in [2.45, 2.75) is 97.7 Å². The van der Waals surface area contributed by atoms with E-state index in [0.29, 0.717) is 78.6 Å². The Kier molecular flexibility index (Phi) is 22.0. The number of pyridine rings is 2.